The minimum Gasteiger partial charge on any atom is -0.450 e. The Morgan fingerprint density at radius 2 is 2.15 bits per heavy atom. The number of rotatable bonds is 2. The number of amides is 1. The lowest BCUT2D eigenvalue weighted by Crippen LogP contribution is -2.48. The number of hydrogen-bond acceptors (Lipinski definition) is 6. The highest BCUT2D eigenvalue weighted by Gasteiger charge is 2.49. The van der Waals surface area contributed by atoms with Crippen LogP contribution in [0.2, 0.25) is 0 Å². The van der Waals surface area contributed by atoms with E-state index in [4.69, 9.17) is 4.74 Å². The van der Waals surface area contributed by atoms with Crippen molar-refractivity contribution in [3.8, 4) is 0 Å². The highest BCUT2D eigenvalue weighted by atomic mass is 16.6. The summed E-state index contributed by atoms with van der Waals surface area (Å²) >= 11 is 0. The maximum absolute atomic E-state index is 12.0. The number of ether oxygens (including phenoxy) is 1. The van der Waals surface area contributed by atoms with Crippen molar-refractivity contribution in [3.63, 3.8) is 0 Å². The molecule has 1 amide bonds. The van der Waals surface area contributed by atoms with E-state index in [1.165, 1.54) is 5.56 Å². The molecule has 1 spiro atoms. The molecule has 3 heterocycles. The highest BCUT2D eigenvalue weighted by Crippen LogP contribution is 2.49. The zero-order valence-corrected chi connectivity index (χ0v) is 16.1. The van der Waals surface area contributed by atoms with Gasteiger partial charge in [-0.3, -0.25) is 4.90 Å². The molecule has 2 N–H and O–H groups in total. The van der Waals surface area contributed by atoms with Crippen molar-refractivity contribution in [1.29, 1.82) is 0 Å². The zero-order valence-electron chi connectivity index (χ0n) is 16.1. The van der Waals surface area contributed by atoms with Gasteiger partial charge >= 0.3 is 6.09 Å². The van der Waals surface area contributed by atoms with Crippen LogP contribution in [-0.4, -0.2) is 71.0 Å². The molecule has 7 heteroatoms. The molecule has 0 aromatic carbocycles. The fourth-order valence-corrected chi connectivity index (χ4v) is 5.06. The molecule has 7 nitrogen and oxygen atoms in total. The number of aliphatic hydroxyl groups excluding tert-OH is 1. The predicted molar refractivity (Wildman–Crippen MR) is 103 cm³/mol. The van der Waals surface area contributed by atoms with Gasteiger partial charge < -0.3 is 20.1 Å². The molecule has 1 aliphatic carbocycles. The van der Waals surface area contributed by atoms with E-state index < -0.39 is 6.23 Å². The maximum atomic E-state index is 12.0. The largest absolute Gasteiger partial charge is 0.450 e. The van der Waals surface area contributed by atoms with Crippen LogP contribution in [0.3, 0.4) is 0 Å². The van der Waals surface area contributed by atoms with Crippen molar-refractivity contribution in [2.75, 3.05) is 38.1 Å². The molecule has 1 aromatic heterocycles. The lowest BCUT2D eigenvalue weighted by atomic mass is 9.68. The summed E-state index contributed by atoms with van der Waals surface area (Å²) in [7, 11) is 0. The smallest absolute Gasteiger partial charge is 0.409 e. The molecule has 2 aliphatic heterocycles. The molecule has 1 saturated heterocycles. The topological polar surface area (TPSA) is 77.9 Å². The van der Waals surface area contributed by atoms with E-state index in [0.717, 1.165) is 64.1 Å². The van der Waals surface area contributed by atoms with Crippen molar-refractivity contribution < 1.29 is 14.6 Å². The van der Waals surface area contributed by atoms with Crippen LogP contribution in [0, 0.1) is 0 Å². The van der Waals surface area contributed by atoms with Crippen LogP contribution < -0.4 is 5.32 Å². The number of pyridine rings is 1. The summed E-state index contributed by atoms with van der Waals surface area (Å²) in [4.78, 5) is 20.8. The summed E-state index contributed by atoms with van der Waals surface area (Å²) in [5.74, 6) is 0.836. The number of carbonyl (C=O) groups excluding carboxylic acids is 1. The standard InChI is InChI=1S/C20H30N4O3/c1-2-27-19(26)24-12-4-11-23(13-14-24)15-6-8-20(9-7-15)16-5-3-10-21-17(16)22-18(20)25/h3,5,10,15,18,25H,2,4,6-9,11-14H2,1H3,(H,21,22). The molecule has 1 saturated carbocycles. The average molecular weight is 374 g/mol. The highest BCUT2D eigenvalue weighted by molar-refractivity contribution is 5.67. The summed E-state index contributed by atoms with van der Waals surface area (Å²) in [5.41, 5.74) is 0.962. The van der Waals surface area contributed by atoms with Crippen LogP contribution in [-0.2, 0) is 10.2 Å². The predicted octanol–water partition coefficient (Wildman–Crippen LogP) is 2.17. The molecule has 2 fully saturated rings. The SMILES string of the molecule is CCOC(=O)N1CCCN(C2CCC3(CC2)c2cccnc2NC3O)CC1. The zero-order chi connectivity index (χ0) is 18.9. The number of aliphatic hydroxyl groups is 1. The lowest BCUT2D eigenvalue weighted by molar-refractivity contribution is 0.0531. The van der Waals surface area contributed by atoms with Gasteiger partial charge in [0.25, 0.3) is 0 Å². The van der Waals surface area contributed by atoms with Crippen LogP contribution in [0.5, 0.6) is 0 Å². The first-order chi connectivity index (χ1) is 13.1. The summed E-state index contributed by atoms with van der Waals surface area (Å²) in [5, 5.41) is 13.9. The fourth-order valence-electron chi connectivity index (χ4n) is 5.06. The van der Waals surface area contributed by atoms with Gasteiger partial charge in [0.05, 0.1) is 6.61 Å². The number of nitrogens with zero attached hydrogens (tertiary/aromatic N) is 3. The van der Waals surface area contributed by atoms with Crippen LogP contribution in [0.4, 0.5) is 10.6 Å². The normalized spacial score (nSPS) is 31.3. The Kier molecular flexibility index (Phi) is 5.23. The second kappa shape index (κ2) is 7.64. The maximum Gasteiger partial charge on any atom is 0.409 e. The van der Waals surface area contributed by atoms with Gasteiger partial charge in [-0.1, -0.05) is 6.07 Å². The minimum atomic E-state index is -0.549. The van der Waals surface area contributed by atoms with Crippen LogP contribution in [0.25, 0.3) is 0 Å². The number of carbonyl (C=O) groups is 1. The van der Waals surface area contributed by atoms with Crippen LogP contribution in [0.1, 0.15) is 44.6 Å². The Labute approximate surface area is 160 Å². The third-order valence-electron chi connectivity index (χ3n) is 6.56. The Bertz CT molecular complexity index is 675. The monoisotopic (exact) mass is 374 g/mol. The van der Waals surface area contributed by atoms with Gasteiger partial charge in [-0.25, -0.2) is 9.78 Å². The average Bonchev–Trinajstić information content (AvgIpc) is 2.84. The Morgan fingerprint density at radius 3 is 2.93 bits per heavy atom. The van der Waals surface area contributed by atoms with Gasteiger partial charge in [0, 0.05) is 49.4 Å². The number of aromatic nitrogens is 1. The Balaban J connectivity index is 1.38. The van der Waals surface area contributed by atoms with E-state index >= 15 is 0 Å². The number of fused-ring (bicyclic) bond motifs is 2. The molecule has 1 aromatic rings. The molecule has 27 heavy (non-hydrogen) atoms. The van der Waals surface area contributed by atoms with E-state index in [-0.39, 0.29) is 11.5 Å². The van der Waals surface area contributed by atoms with E-state index in [9.17, 15) is 9.90 Å². The molecular weight excluding hydrogens is 344 g/mol. The molecule has 1 unspecified atom stereocenters. The number of anilines is 1. The second-order valence-electron chi connectivity index (χ2n) is 7.91. The summed E-state index contributed by atoms with van der Waals surface area (Å²) in [6.07, 6.45) is 6.06. The lowest BCUT2D eigenvalue weighted by Gasteiger charge is -2.43. The van der Waals surface area contributed by atoms with Crippen molar-refractivity contribution in [2.45, 2.75) is 56.7 Å². The molecule has 148 valence electrons. The van der Waals surface area contributed by atoms with Gasteiger partial charge in [0.2, 0.25) is 0 Å². The first-order valence-corrected chi connectivity index (χ1v) is 10.2. The fraction of sp³-hybridized carbons (Fsp3) is 0.700. The van der Waals surface area contributed by atoms with Crippen LogP contribution >= 0.6 is 0 Å². The molecule has 4 rings (SSSR count). The summed E-state index contributed by atoms with van der Waals surface area (Å²) in [6, 6.07) is 4.59. The third-order valence-corrected chi connectivity index (χ3v) is 6.56. The first-order valence-electron chi connectivity index (χ1n) is 10.2. The Morgan fingerprint density at radius 1 is 1.33 bits per heavy atom. The third kappa shape index (κ3) is 3.38. The molecule has 3 aliphatic rings. The van der Waals surface area contributed by atoms with E-state index in [1.54, 1.807) is 6.20 Å². The quantitative estimate of drug-likeness (QED) is 0.826. The second-order valence-corrected chi connectivity index (χ2v) is 7.91. The molecular formula is C20H30N4O3. The van der Waals surface area contributed by atoms with Gasteiger partial charge in [0.15, 0.2) is 0 Å². The van der Waals surface area contributed by atoms with Crippen molar-refractivity contribution in [3.05, 3.63) is 23.9 Å². The van der Waals surface area contributed by atoms with Crippen molar-refractivity contribution in [1.82, 2.24) is 14.8 Å². The summed E-state index contributed by atoms with van der Waals surface area (Å²) < 4.78 is 5.15. The Hall–Kier alpha value is -1.86. The van der Waals surface area contributed by atoms with Crippen molar-refractivity contribution >= 4 is 11.9 Å². The van der Waals surface area contributed by atoms with Gasteiger partial charge in [-0.05, 0) is 45.1 Å². The molecule has 1 atom stereocenters. The minimum absolute atomic E-state index is 0.189. The number of hydrogen-bond donors (Lipinski definition) is 2. The van der Waals surface area contributed by atoms with Gasteiger partial charge in [-0.15, -0.1) is 0 Å². The van der Waals surface area contributed by atoms with E-state index in [0.29, 0.717) is 12.6 Å². The number of nitrogens with one attached hydrogen (secondary N) is 1. The van der Waals surface area contributed by atoms with E-state index in [2.05, 4.69) is 21.3 Å². The molecule has 0 bridgehead atoms. The first kappa shape index (κ1) is 18.5. The van der Waals surface area contributed by atoms with Crippen molar-refractivity contribution in [2.24, 2.45) is 0 Å². The van der Waals surface area contributed by atoms with E-state index in [1.807, 2.05) is 17.9 Å². The van der Waals surface area contributed by atoms with Crippen LogP contribution in [0.15, 0.2) is 18.3 Å². The molecule has 0 radical (unpaired) electrons. The summed E-state index contributed by atoms with van der Waals surface area (Å²) in [6.45, 7) is 5.70. The van der Waals surface area contributed by atoms with Gasteiger partial charge in [-0.2, -0.15) is 0 Å². The van der Waals surface area contributed by atoms with Gasteiger partial charge in [0.1, 0.15) is 12.0 Å².